The quantitative estimate of drug-likeness (QED) is 0.689. The fourth-order valence-corrected chi connectivity index (χ4v) is 3.38. The molecule has 0 fully saturated rings. The molecule has 2 N–H and O–H groups in total. The van der Waals surface area contributed by atoms with Crippen LogP contribution in [-0.4, -0.2) is 26.4 Å². The van der Waals surface area contributed by atoms with Crippen LogP contribution in [0.15, 0.2) is 53.7 Å². The summed E-state index contributed by atoms with van der Waals surface area (Å²) in [6.45, 7) is 4.18. The van der Waals surface area contributed by atoms with Gasteiger partial charge in [0.15, 0.2) is 11.0 Å². The predicted octanol–water partition coefficient (Wildman–Crippen LogP) is 3.52. The number of benzene rings is 2. The molecule has 3 rings (SSSR count). The monoisotopic (exact) mass is 352 g/mol. The third-order valence-electron chi connectivity index (χ3n) is 3.99. The molecule has 0 spiro atoms. The van der Waals surface area contributed by atoms with Crippen molar-refractivity contribution in [1.82, 2.24) is 14.8 Å². The number of carbonyl (C=O) groups excluding carboxylic acids is 1. The molecule has 0 aliphatic carbocycles. The van der Waals surface area contributed by atoms with Crippen molar-refractivity contribution in [3.63, 3.8) is 0 Å². The van der Waals surface area contributed by atoms with Crippen molar-refractivity contribution in [2.75, 3.05) is 5.75 Å². The molecule has 0 saturated carbocycles. The molecular weight excluding hydrogens is 332 g/mol. The van der Waals surface area contributed by atoms with Gasteiger partial charge in [0, 0.05) is 17.7 Å². The summed E-state index contributed by atoms with van der Waals surface area (Å²) < 4.78 is 2.04. The minimum absolute atomic E-state index is 0.311. The number of aromatic nitrogens is 3. The number of primary amides is 1. The Bertz CT molecular complexity index is 890. The van der Waals surface area contributed by atoms with E-state index in [1.54, 1.807) is 0 Å². The highest BCUT2D eigenvalue weighted by atomic mass is 32.2. The van der Waals surface area contributed by atoms with E-state index in [0.29, 0.717) is 12.2 Å². The van der Waals surface area contributed by atoms with Gasteiger partial charge in [-0.25, -0.2) is 0 Å². The van der Waals surface area contributed by atoms with Crippen molar-refractivity contribution >= 4 is 17.7 Å². The number of nitrogens with two attached hydrogens (primary N) is 1. The van der Waals surface area contributed by atoms with E-state index < -0.39 is 0 Å². The van der Waals surface area contributed by atoms with E-state index in [4.69, 9.17) is 5.73 Å². The molecule has 0 atom stereocenters. The van der Waals surface area contributed by atoms with Crippen LogP contribution in [0, 0.1) is 13.8 Å². The first-order valence-electron chi connectivity index (χ1n) is 8.06. The molecule has 5 nitrogen and oxygen atoms in total. The molecule has 0 unspecified atom stereocenters. The second kappa shape index (κ2) is 7.53. The van der Waals surface area contributed by atoms with Crippen LogP contribution in [0.2, 0.25) is 0 Å². The van der Waals surface area contributed by atoms with Gasteiger partial charge in [0.25, 0.3) is 0 Å². The average molecular weight is 352 g/mol. The first-order valence-corrected chi connectivity index (χ1v) is 9.04. The first-order chi connectivity index (χ1) is 12.1. The Hall–Kier alpha value is -2.60. The molecule has 0 saturated heterocycles. The number of amides is 1. The summed E-state index contributed by atoms with van der Waals surface area (Å²) in [6.07, 6.45) is 0.311. The summed E-state index contributed by atoms with van der Waals surface area (Å²) in [5.41, 5.74) is 9.69. The van der Waals surface area contributed by atoms with Gasteiger partial charge in [-0.3, -0.25) is 9.36 Å². The molecule has 25 heavy (non-hydrogen) atoms. The summed E-state index contributed by atoms with van der Waals surface area (Å²) in [7, 11) is 0. The summed E-state index contributed by atoms with van der Waals surface area (Å²) in [4.78, 5) is 11.0. The number of aryl methyl sites for hydroxylation is 2. The van der Waals surface area contributed by atoms with Crippen molar-refractivity contribution in [1.29, 1.82) is 0 Å². The van der Waals surface area contributed by atoms with Gasteiger partial charge in [0.05, 0.1) is 5.69 Å². The predicted molar refractivity (Wildman–Crippen MR) is 101 cm³/mol. The molecule has 6 heteroatoms. The van der Waals surface area contributed by atoms with Gasteiger partial charge < -0.3 is 5.73 Å². The van der Waals surface area contributed by atoms with Gasteiger partial charge in [-0.05, 0) is 37.1 Å². The molecule has 0 bridgehead atoms. The number of thioether (sulfide) groups is 1. The standard InChI is InChI=1S/C19H20N4OS/c1-13-8-9-16(12-14(13)2)23-18(15-6-4-3-5-7-15)21-22-19(23)25-11-10-17(20)24/h3-9,12H,10-11H2,1-2H3,(H2,20,24). The normalized spacial score (nSPS) is 10.8. The molecule has 0 radical (unpaired) electrons. The number of rotatable bonds is 6. The third-order valence-corrected chi connectivity index (χ3v) is 4.92. The van der Waals surface area contributed by atoms with Gasteiger partial charge in [-0.2, -0.15) is 0 Å². The Morgan fingerprint density at radius 3 is 2.52 bits per heavy atom. The lowest BCUT2D eigenvalue weighted by Crippen LogP contribution is -2.11. The van der Waals surface area contributed by atoms with Crippen molar-refractivity contribution in [2.24, 2.45) is 5.73 Å². The lowest BCUT2D eigenvalue weighted by Gasteiger charge is -2.12. The van der Waals surface area contributed by atoms with Gasteiger partial charge in [0.1, 0.15) is 0 Å². The molecule has 0 aliphatic heterocycles. The van der Waals surface area contributed by atoms with E-state index in [2.05, 4.69) is 42.2 Å². The maximum atomic E-state index is 11.0. The molecule has 1 aromatic heterocycles. The van der Waals surface area contributed by atoms with E-state index in [1.165, 1.54) is 22.9 Å². The van der Waals surface area contributed by atoms with Crippen LogP contribution in [0.4, 0.5) is 0 Å². The topological polar surface area (TPSA) is 73.8 Å². The number of carbonyl (C=O) groups is 1. The minimum atomic E-state index is -0.312. The highest BCUT2D eigenvalue weighted by molar-refractivity contribution is 7.99. The maximum absolute atomic E-state index is 11.0. The highest BCUT2D eigenvalue weighted by Crippen LogP contribution is 2.29. The Kier molecular flexibility index (Phi) is 5.19. The van der Waals surface area contributed by atoms with Gasteiger partial charge >= 0.3 is 0 Å². The molecule has 128 valence electrons. The zero-order chi connectivity index (χ0) is 17.8. The maximum Gasteiger partial charge on any atom is 0.218 e. The van der Waals surface area contributed by atoms with Crippen molar-refractivity contribution in [2.45, 2.75) is 25.4 Å². The van der Waals surface area contributed by atoms with Crippen LogP contribution in [-0.2, 0) is 4.79 Å². The van der Waals surface area contributed by atoms with E-state index >= 15 is 0 Å². The Balaban J connectivity index is 2.06. The van der Waals surface area contributed by atoms with E-state index in [0.717, 1.165) is 22.2 Å². The second-order valence-corrected chi connectivity index (χ2v) is 6.90. The molecule has 3 aromatic rings. The third kappa shape index (κ3) is 3.91. The lowest BCUT2D eigenvalue weighted by atomic mass is 10.1. The van der Waals surface area contributed by atoms with E-state index in [9.17, 15) is 4.79 Å². The molecule has 0 aliphatic rings. The smallest absolute Gasteiger partial charge is 0.218 e. The fourth-order valence-electron chi connectivity index (χ4n) is 2.48. The largest absolute Gasteiger partial charge is 0.370 e. The molecular formula is C19H20N4OS. The highest BCUT2D eigenvalue weighted by Gasteiger charge is 2.16. The van der Waals surface area contributed by atoms with Crippen LogP contribution in [0.25, 0.3) is 17.1 Å². The number of hydrogen-bond acceptors (Lipinski definition) is 4. The second-order valence-electron chi connectivity index (χ2n) is 5.84. The average Bonchev–Trinajstić information content (AvgIpc) is 3.02. The summed E-state index contributed by atoms with van der Waals surface area (Å²) >= 11 is 1.48. The fraction of sp³-hybridized carbons (Fsp3) is 0.211. The molecule has 2 aromatic carbocycles. The van der Waals surface area contributed by atoms with Crippen LogP contribution in [0.3, 0.4) is 0 Å². The first kappa shape index (κ1) is 17.2. The summed E-state index contributed by atoms with van der Waals surface area (Å²) in [5.74, 6) is 1.05. The van der Waals surface area contributed by atoms with Crippen LogP contribution in [0.5, 0.6) is 0 Å². The van der Waals surface area contributed by atoms with Crippen LogP contribution in [0.1, 0.15) is 17.5 Å². The van der Waals surface area contributed by atoms with Gasteiger partial charge in [0.2, 0.25) is 5.91 Å². The zero-order valence-electron chi connectivity index (χ0n) is 14.3. The van der Waals surface area contributed by atoms with Gasteiger partial charge in [-0.15, -0.1) is 10.2 Å². The summed E-state index contributed by atoms with van der Waals surface area (Å²) in [6, 6.07) is 16.3. The van der Waals surface area contributed by atoms with Crippen LogP contribution >= 0.6 is 11.8 Å². The Morgan fingerprint density at radius 2 is 1.84 bits per heavy atom. The molecule has 1 heterocycles. The van der Waals surface area contributed by atoms with Crippen molar-refractivity contribution < 1.29 is 4.79 Å². The van der Waals surface area contributed by atoms with Crippen molar-refractivity contribution in [3.05, 3.63) is 59.7 Å². The lowest BCUT2D eigenvalue weighted by molar-refractivity contribution is -0.117. The van der Waals surface area contributed by atoms with Crippen LogP contribution < -0.4 is 5.73 Å². The minimum Gasteiger partial charge on any atom is -0.370 e. The summed E-state index contributed by atoms with van der Waals surface area (Å²) in [5, 5.41) is 9.48. The zero-order valence-corrected chi connectivity index (χ0v) is 15.1. The van der Waals surface area contributed by atoms with Gasteiger partial charge in [-0.1, -0.05) is 48.2 Å². The Morgan fingerprint density at radius 1 is 1.08 bits per heavy atom. The SMILES string of the molecule is Cc1ccc(-n2c(SCCC(N)=O)nnc2-c2ccccc2)cc1C. The van der Waals surface area contributed by atoms with E-state index in [-0.39, 0.29) is 5.91 Å². The Labute approximate surface area is 151 Å². The molecule has 1 amide bonds. The number of nitrogens with zero attached hydrogens (tertiary/aromatic N) is 3. The number of hydrogen-bond donors (Lipinski definition) is 1. The van der Waals surface area contributed by atoms with E-state index in [1.807, 2.05) is 34.9 Å². The van der Waals surface area contributed by atoms with Crippen molar-refractivity contribution in [3.8, 4) is 17.1 Å².